The molecular weight excluding hydrogens is 430 g/mol. The van der Waals surface area contributed by atoms with E-state index in [2.05, 4.69) is 25.1 Å². The second-order valence-electron chi connectivity index (χ2n) is 8.27. The third kappa shape index (κ3) is 3.79. The maximum atomic E-state index is 13.9. The number of pyridine rings is 2. The molecule has 1 aliphatic carbocycles. The Bertz CT molecular complexity index is 1500. The van der Waals surface area contributed by atoms with Crippen molar-refractivity contribution in [3.63, 3.8) is 0 Å². The van der Waals surface area contributed by atoms with Gasteiger partial charge < -0.3 is 20.4 Å². The molecule has 170 valence electrons. The number of hydrogen-bond acceptors (Lipinski definition) is 7. The zero-order valence-corrected chi connectivity index (χ0v) is 18.8. The number of rotatable bonds is 6. The Morgan fingerprint density at radius 1 is 1.26 bits per heavy atom. The van der Waals surface area contributed by atoms with Gasteiger partial charge in [0.2, 0.25) is 17.5 Å². The van der Waals surface area contributed by atoms with Crippen LogP contribution in [0.15, 0.2) is 53.6 Å². The molecule has 0 bridgehead atoms. The fourth-order valence-corrected chi connectivity index (χ4v) is 4.22. The lowest BCUT2D eigenvalue weighted by Crippen LogP contribution is -2.26. The first-order chi connectivity index (χ1) is 16.5. The standard InChI is InChI=1S/C25H23N7O2/c1-14(30-23-19(27-2)13-29-25(26)31-23)20-11-16-5-4-6-18(15-9-10-28-21(12-15)34-3)22(16)24(33)32(20)17-7-8-17/h4-6,9-14,17H,7-8H2,1,3H3,(H3,26,29,30,31)/t14-/m0/s1. The Balaban J connectivity index is 1.66. The maximum absolute atomic E-state index is 13.9. The molecule has 0 aliphatic heterocycles. The molecular formula is C25H23N7O2. The van der Waals surface area contributed by atoms with Crippen LogP contribution in [0.25, 0.3) is 26.7 Å². The molecule has 3 heterocycles. The van der Waals surface area contributed by atoms with Crippen LogP contribution in [0, 0.1) is 6.57 Å². The number of aromatic nitrogens is 4. The van der Waals surface area contributed by atoms with E-state index in [9.17, 15) is 4.79 Å². The quantitative estimate of drug-likeness (QED) is 0.413. The van der Waals surface area contributed by atoms with Crippen LogP contribution in [0.4, 0.5) is 17.5 Å². The lowest BCUT2D eigenvalue weighted by atomic mass is 9.98. The molecule has 3 aromatic heterocycles. The van der Waals surface area contributed by atoms with E-state index in [4.69, 9.17) is 17.0 Å². The smallest absolute Gasteiger partial charge is 0.259 e. The van der Waals surface area contributed by atoms with Gasteiger partial charge in [-0.15, -0.1) is 0 Å². The minimum Gasteiger partial charge on any atom is -0.481 e. The third-order valence-electron chi connectivity index (χ3n) is 5.98. The molecule has 1 atom stereocenters. The van der Waals surface area contributed by atoms with Crippen LogP contribution in [-0.2, 0) is 0 Å². The third-order valence-corrected chi connectivity index (χ3v) is 5.98. The van der Waals surface area contributed by atoms with Crippen LogP contribution in [0.5, 0.6) is 5.88 Å². The molecule has 1 aliphatic rings. The van der Waals surface area contributed by atoms with E-state index in [1.165, 1.54) is 6.20 Å². The van der Waals surface area contributed by atoms with E-state index in [0.29, 0.717) is 17.1 Å². The number of fused-ring (bicyclic) bond motifs is 1. The number of methoxy groups -OCH3 is 1. The molecule has 0 unspecified atom stereocenters. The summed E-state index contributed by atoms with van der Waals surface area (Å²) in [5, 5.41) is 4.76. The Labute approximate surface area is 196 Å². The van der Waals surface area contributed by atoms with Gasteiger partial charge in [-0.3, -0.25) is 4.79 Å². The number of nitrogens with one attached hydrogen (secondary N) is 1. The zero-order chi connectivity index (χ0) is 23.8. The normalized spacial score (nSPS) is 13.9. The first-order valence-corrected chi connectivity index (χ1v) is 10.9. The molecule has 0 radical (unpaired) electrons. The highest BCUT2D eigenvalue weighted by Gasteiger charge is 2.30. The van der Waals surface area contributed by atoms with Gasteiger partial charge in [-0.25, -0.2) is 19.8 Å². The summed E-state index contributed by atoms with van der Waals surface area (Å²) in [6.07, 6.45) is 4.97. The van der Waals surface area contributed by atoms with Crippen LogP contribution < -0.4 is 21.3 Å². The highest BCUT2D eigenvalue weighted by molar-refractivity contribution is 5.96. The minimum atomic E-state index is -0.294. The van der Waals surface area contributed by atoms with E-state index in [1.54, 1.807) is 13.3 Å². The van der Waals surface area contributed by atoms with Crippen LogP contribution in [0.2, 0.25) is 0 Å². The summed E-state index contributed by atoms with van der Waals surface area (Å²) in [6.45, 7) is 9.34. The molecule has 9 heteroatoms. The molecule has 0 amide bonds. The van der Waals surface area contributed by atoms with Crippen molar-refractivity contribution in [3.05, 3.63) is 76.3 Å². The second-order valence-corrected chi connectivity index (χ2v) is 8.27. The van der Waals surface area contributed by atoms with Crippen LogP contribution in [0.1, 0.15) is 37.5 Å². The minimum absolute atomic E-state index is 0.0392. The van der Waals surface area contributed by atoms with E-state index in [-0.39, 0.29) is 29.3 Å². The van der Waals surface area contributed by atoms with Crippen molar-refractivity contribution in [3.8, 4) is 17.0 Å². The first-order valence-electron chi connectivity index (χ1n) is 10.9. The van der Waals surface area contributed by atoms with Gasteiger partial charge in [0.1, 0.15) is 5.82 Å². The summed E-state index contributed by atoms with van der Waals surface area (Å²) >= 11 is 0. The van der Waals surface area contributed by atoms with E-state index in [1.807, 2.05) is 47.9 Å². The predicted octanol–water partition coefficient (Wildman–Crippen LogP) is 4.50. The van der Waals surface area contributed by atoms with Gasteiger partial charge in [0, 0.05) is 30.2 Å². The zero-order valence-electron chi connectivity index (χ0n) is 18.8. The molecule has 1 saturated carbocycles. The Kier molecular flexibility index (Phi) is 5.34. The van der Waals surface area contributed by atoms with E-state index >= 15 is 0 Å². The largest absolute Gasteiger partial charge is 0.481 e. The van der Waals surface area contributed by atoms with E-state index in [0.717, 1.165) is 35.0 Å². The van der Waals surface area contributed by atoms with Crippen molar-refractivity contribution in [1.82, 2.24) is 19.5 Å². The van der Waals surface area contributed by atoms with Gasteiger partial charge in [-0.2, -0.15) is 0 Å². The number of ether oxygens (including phenoxy) is 1. The summed E-state index contributed by atoms with van der Waals surface area (Å²) < 4.78 is 7.16. The number of anilines is 2. The molecule has 4 aromatic rings. The Morgan fingerprint density at radius 3 is 2.82 bits per heavy atom. The summed E-state index contributed by atoms with van der Waals surface area (Å²) in [4.78, 5) is 29.7. The number of nitrogens with zero attached hydrogens (tertiary/aromatic N) is 5. The monoisotopic (exact) mass is 453 g/mol. The summed E-state index contributed by atoms with van der Waals surface area (Å²) in [6, 6.07) is 11.4. The highest BCUT2D eigenvalue weighted by atomic mass is 16.5. The predicted molar refractivity (Wildman–Crippen MR) is 131 cm³/mol. The summed E-state index contributed by atoms with van der Waals surface area (Å²) in [5.74, 6) is 0.923. The van der Waals surface area contributed by atoms with E-state index < -0.39 is 0 Å². The second kappa shape index (κ2) is 8.48. The molecule has 3 N–H and O–H groups in total. The number of nitrogen functional groups attached to an aromatic ring is 1. The lowest BCUT2D eigenvalue weighted by molar-refractivity contribution is 0.398. The SMILES string of the molecule is [C-]#[N+]c1cnc(N)nc1N[C@@H](C)c1cc2cccc(-c3ccnc(OC)c3)c2c(=O)n1C1CC1. The number of benzene rings is 1. The lowest BCUT2D eigenvalue weighted by Gasteiger charge is -2.22. The molecule has 0 spiro atoms. The summed E-state index contributed by atoms with van der Waals surface area (Å²) in [5.41, 5.74) is 8.51. The average molecular weight is 454 g/mol. The highest BCUT2D eigenvalue weighted by Crippen LogP contribution is 2.39. The average Bonchev–Trinajstić information content (AvgIpc) is 3.69. The molecule has 34 heavy (non-hydrogen) atoms. The Morgan fingerprint density at radius 2 is 2.09 bits per heavy atom. The molecule has 9 nitrogen and oxygen atoms in total. The van der Waals surface area contributed by atoms with Crippen molar-refractivity contribution in [1.29, 1.82) is 0 Å². The fourth-order valence-electron chi connectivity index (χ4n) is 4.22. The molecule has 1 aromatic carbocycles. The maximum Gasteiger partial charge on any atom is 0.259 e. The first kappa shape index (κ1) is 21.4. The van der Waals surface area contributed by atoms with Gasteiger partial charge in [0.25, 0.3) is 5.56 Å². The molecule has 5 rings (SSSR count). The van der Waals surface area contributed by atoms with Crippen molar-refractivity contribution >= 4 is 28.2 Å². The van der Waals surface area contributed by atoms with Crippen molar-refractivity contribution in [2.75, 3.05) is 18.2 Å². The van der Waals surface area contributed by atoms with Crippen molar-refractivity contribution < 1.29 is 4.74 Å². The van der Waals surface area contributed by atoms with Gasteiger partial charge in [0.15, 0.2) is 0 Å². The number of hydrogen-bond donors (Lipinski definition) is 2. The molecule has 1 fully saturated rings. The van der Waals surface area contributed by atoms with Gasteiger partial charge >= 0.3 is 0 Å². The fraction of sp³-hybridized carbons (Fsp3) is 0.240. The van der Waals surface area contributed by atoms with Gasteiger partial charge in [-0.1, -0.05) is 18.2 Å². The van der Waals surface area contributed by atoms with Crippen LogP contribution >= 0.6 is 0 Å². The summed E-state index contributed by atoms with van der Waals surface area (Å²) in [7, 11) is 1.57. The van der Waals surface area contributed by atoms with Crippen molar-refractivity contribution in [2.45, 2.75) is 31.8 Å². The molecule has 0 saturated heterocycles. The van der Waals surface area contributed by atoms with Crippen LogP contribution in [0.3, 0.4) is 0 Å². The van der Waals surface area contributed by atoms with Gasteiger partial charge in [-0.05, 0) is 48.4 Å². The Hall–Kier alpha value is -4.45. The number of nitrogens with two attached hydrogens (primary N) is 1. The topological polar surface area (TPSA) is 112 Å². The van der Waals surface area contributed by atoms with Crippen molar-refractivity contribution in [2.24, 2.45) is 0 Å². The van der Waals surface area contributed by atoms with Gasteiger partial charge in [0.05, 0.1) is 25.1 Å². The van der Waals surface area contributed by atoms with Crippen LogP contribution in [-0.4, -0.2) is 26.6 Å².